The van der Waals surface area contributed by atoms with Gasteiger partial charge in [-0.3, -0.25) is 5.43 Å². The second-order valence-electron chi connectivity index (χ2n) is 4.09. The van der Waals surface area contributed by atoms with E-state index in [2.05, 4.69) is 25.7 Å². The average molecular weight is 238 g/mol. The fraction of sp³-hybridized carbons (Fsp3) is 0.700. The van der Waals surface area contributed by atoms with Gasteiger partial charge in [0.2, 0.25) is 11.9 Å². The smallest absolute Gasteiger partial charge is 0.322 e. The van der Waals surface area contributed by atoms with Gasteiger partial charge in [-0.25, -0.2) is 5.84 Å². The molecule has 0 amide bonds. The van der Waals surface area contributed by atoms with E-state index in [4.69, 9.17) is 10.6 Å². The van der Waals surface area contributed by atoms with E-state index >= 15 is 0 Å². The first-order valence-electron chi connectivity index (χ1n) is 5.85. The molecule has 0 radical (unpaired) electrons. The van der Waals surface area contributed by atoms with Gasteiger partial charge in [-0.05, 0) is 12.8 Å². The molecule has 7 heteroatoms. The van der Waals surface area contributed by atoms with Crippen LogP contribution in [0.4, 0.5) is 11.9 Å². The lowest BCUT2D eigenvalue weighted by molar-refractivity contribution is 0.378. The van der Waals surface area contributed by atoms with Crippen LogP contribution in [0.1, 0.15) is 32.1 Å². The molecule has 1 aliphatic rings. The first kappa shape index (κ1) is 11.8. The van der Waals surface area contributed by atoms with E-state index < -0.39 is 0 Å². The predicted octanol–water partition coefficient (Wildman–Crippen LogP) is 0.910. The topological polar surface area (TPSA) is 98.0 Å². The summed E-state index contributed by atoms with van der Waals surface area (Å²) in [6.45, 7) is 0. The molecule has 0 unspecified atom stereocenters. The molecule has 7 nitrogen and oxygen atoms in total. The van der Waals surface area contributed by atoms with Crippen molar-refractivity contribution in [3.05, 3.63) is 0 Å². The number of nitrogen functional groups attached to an aromatic ring is 1. The Morgan fingerprint density at radius 1 is 1.12 bits per heavy atom. The van der Waals surface area contributed by atoms with Crippen LogP contribution in [0.25, 0.3) is 0 Å². The zero-order chi connectivity index (χ0) is 12.1. The number of anilines is 2. The highest BCUT2D eigenvalue weighted by Gasteiger charge is 2.15. The molecule has 1 aromatic rings. The molecule has 1 aromatic heterocycles. The number of nitrogens with two attached hydrogens (primary N) is 1. The number of nitrogens with one attached hydrogen (secondary N) is 2. The Morgan fingerprint density at radius 2 is 1.82 bits per heavy atom. The summed E-state index contributed by atoms with van der Waals surface area (Å²) >= 11 is 0. The Bertz CT molecular complexity index is 344. The Labute approximate surface area is 100 Å². The molecule has 1 aliphatic carbocycles. The van der Waals surface area contributed by atoms with E-state index in [-0.39, 0.29) is 6.01 Å². The Balaban J connectivity index is 2.07. The SMILES string of the molecule is COc1nc(NN)nc(NC2CCCCC2)n1. The molecule has 0 bridgehead atoms. The monoisotopic (exact) mass is 238 g/mol. The van der Waals surface area contributed by atoms with Crippen molar-refractivity contribution >= 4 is 11.9 Å². The molecule has 1 fully saturated rings. The van der Waals surface area contributed by atoms with Gasteiger partial charge in [0, 0.05) is 6.04 Å². The van der Waals surface area contributed by atoms with Crippen molar-refractivity contribution in [1.82, 2.24) is 15.0 Å². The van der Waals surface area contributed by atoms with Crippen LogP contribution in [0.3, 0.4) is 0 Å². The number of aromatic nitrogens is 3. The van der Waals surface area contributed by atoms with Crippen molar-refractivity contribution in [3.63, 3.8) is 0 Å². The minimum atomic E-state index is 0.256. The van der Waals surface area contributed by atoms with Crippen molar-refractivity contribution in [1.29, 1.82) is 0 Å². The molecule has 1 saturated carbocycles. The summed E-state index contributed by atoms with van der Waals surface area (Å²) in [6, 6.07) is 0.688. The molecule has 2 rings (SSSR count). The second kappa shape index (κ2) is 5.62. The van der Waals surface area contributed by atoms with Crippen LogP contribution < -0.4 is 21.3 Å². The van der Waals surface area contributed by atoms with E-state index in [0.29, 0.717) is 17.9 Å². The number of hydrogen-bond acceptors (Lipinski definition) is 7. The lowest BCUT2D eigenvalue weighted by Gasteiger charge is -2.22. The third kappa shape index (κ3) is 3.16. The third-order valence-corrected chi connectivity index (χ3v) is 2.86. The summed E-state index contributed by atoms with van der Waals surface area (Å²) in [4.78, 5) is 12.2. The Morgan fingerprint density at radius 3 is 2.47 bits per heavy atom. The van der Waals surface area contributed by atoms with Crippen LogP contribution in [0.2, 0.25) is 0 Å². The largest absolute Gasteiger partial charge is 0.467 e. The summed E-state index contributed by atoms with van der Waals surface area (Å²) in [5.74, 6) is 6.10. The van der Waals surface area contributed by atoms with Gasteiger partial charge in [0.15, 0.2) is 0 Å². The number of rotatable bonds is 4. The summed E-state index contributed by atoms with van der Waals surface area (Å²) in [7, 11) is 1.51. The molecule has 0 spiro atoms. The maximum atomic E-state index is 5.29. The molecule has 17 heavy (non-hydrogen) atoms. The van der Waals surface area contributed by atoms with E-state index in [1.807, 2.05) is 0 Å². The summed E-state index contributed by atoms with van der Waals surface area (Å²) in [5, 5.41) is 3.29. The Kier molecular flexibility index (Phi) is 3.92. The van der Waals surface area contributed by atoms with Gasteiger partial charge >= 0.3 is 6.01 Å². The zero-order valence-electron chi connectivity index (χ0n) is 9.94. The lowest BCUT2D eigenvalue weighted by Crippen LogP contribution is -2.24. The number of hydrogen-bond donors (Lipinski definition) is 3. The minimum absolute atomic E-state index is 0.256. The van der Waals surface area contributed by atoms with Crippen molar-refractivity contribution in [2.75, 3.05) is 17.9 Å². The fourth-order valence-electron chi connectivity index (χ4n) is 2.01. The standard InChI is InChI=1S/C10H18N6O/c1-17-10-14-8(13-9(15-10)16-11)12-7-5-3-2-4-6-7/h7H,2-6,11H2,1H3,(H2,12,13,14,15,16). The highest BCUT2D eigenvalue weighted by atomic mass is 16.5. The van der Waals surface area contributed by atoms with Gasteiger partial charge in [-0.15, -0.1) is 0 Å². The first-order chi connectivity index (χ1) is 8.31. The maximum Gasteiger partial charge on any atom is 0.322 e. The van der Waals surface area contributed by atoms with Crippen LogP contribution in [0.15, 0.2) is 0 Å². The molecule has 0 aliphatic heterocycles. The number of hydrazine groups is 1. The van der Waals surface area contributed by atoms with Gasteiger partial charge in [0.05, 0.1) is 7.11 Å². The van der Waals surface area contributed by atoms with Gasteiger partial charge < -0.3 is 10.1 Å². The summed E-state index contributed by atoms with van der Waals surface area (Å²) < 4.78 is 4.99. The van der Waals surface area contributed by atoms with E-state index in [0.717, 1.165) is 12.8 Å². The van der Waals surface area contributed by atoms with Crippen LogP contribution in [0.5, 0.6) is 6.01 Å². The highest BCUT2D eigenvalue weighted by Crippen LogP contribution is 2.21. The molecule has 94 valence electrons. The maximum absolute atomic E-state index is 5.29. The van der Waals surface area contributed by atoms with Gasteiger partial charge in [0.1, 0.15) is 0 Å². The third-order valence-electron chi connectivity index (χ3n) is 2.86. The van der Waals surface area contributed by atoms with Gasteiger partial charge in [0.25, 0.3) is 0 Å². The normalized spacial score (nSPS) is 16.6. The quantitative estimate of drug-likeness (QED) is 0.529. The molecule has 0 aromatic carbocycles. The van der Waals surface area contributed by atoms with Crippen molar-refractivity contribution in [2.45, 2.75) is 38.1 Å². The van der Waals surface area contributed by atoms with Crippen molar-refractivity contribution in [3.8, 4) is 6.01 Å². The molecule has 0 saturated heterocycles. The number of ether oxygens (including phenoxy) is 1. The molecule has 1 heterocycles. The zero-order valence-corrected chi connectivity index (χ0v) is 9.94. The molecular weight excluding hydrogens is 220 g/mol. The van der Waals surface area contributed by atoms with Crippen LogP contribution in [0, 0.1) is 0 Å². The Hall–Kier alpha value is -1.63. The second-order valence-corrected chi connectivity index (χ2v) is 4.09. The van der Waals surface area contributed by atoms with Gasteiger partial charge in [-0.1, -0.05) is 19.3 Å². The van der Waals surface area contributed by atoms with E-state index in [1.165, 1.54) is 26.4 Å². The summed E-state index contributed by atoms with van der Waals surface area (Å²) in [5.41, 5.74) is 2.40. The van der Waals surface area contributed by atoms with Crippen LogP contribution in [-0.2, 0) is 0 Å². The van der Waals surface area contributed by atoms with Crippen molar-refractivity contribution in [2.24, 2.45) is 5.84 Å². The molecular formula is C10H18N6O. The molecule has 0 atom stereocenters. The highest BCUT2D eigenvalue weighted by molar-refractivity contribution is 5.35. The van der Waals surface area contributed by atoms with Crippen LogP contribution in [-0.4, -0.2) is 28.1 Å². The number of methoxy groups -OCH3 is 1. The van der Waals surface area contributed by atoms with Crippen LogP contribution >= 0.6 is 0 Å². The fourth-order valence-corrected chi connectivity index (χ4v) is 2.01. The lowest BCUT2D eigenvalue weighted by atomic mass is 9.96. The minimum Gasteiger partial charge on any atom is -0.467 e. The summed E-state index contributed by atoms with van der Waals surface area (Å²) in [6.07, 6.45) is 6.12. The first-order valence-corrected chi connectivity index (χ1v) is 5.85. The molecule has 4 N–H and O–H groups in total. The van der Waals surface area contributed by atoms with E-state index in [1.54, 1.807) is 0 Å². The predicted molar refractivity (Wildman–Crippen MR) is 64.7 cm³/mol. The number of nitrogens with zero attached hydrogens (tertiary/aromatic N) is 3. The average Bonchev–Trinajstić information content (AvgIpc) is 2.39. The van der Waals surface area contributed by atoms with Crippen molar-refractivity contribution < 1.29 is 4.74 Å². The van der Waals surface area contributed by atoms with E-state index in [9.17, 15) is 0 Å². The van der Waals surface area contributed by atoms with Gasteiger partial charge in [-0.2, -0.15) is 15.0 Å².